The highest BCUT2D eigenvalue weighted by molar-refractivity contribution is 6.85. The third kappa shape index (κ3) is 10.1. The average Bonchev–Trinajstić information content (AvgIpc) is 2.98. The number of nitrogens with one attached hydrogen (secondary N) is 1. The number of alkyl carbamates (subject to hydrolysis) is 1. The van der Waals surface area contributed by atoms with Gasteiger partial charge in [-0.3, -0.25) is 0 Å². The summed E-state index contributed by atoms with van der Waals surface area (Å²) in [5.41, 5.74) is 4.95. The number of allylic oxidation sites excluding steroid dienone is 4. The van der Waals surface area contributed by atoms with Gasteiger partial charge in [0.2, 0.25) is 13.4 Å². The van der Waals surface area contributed by atoms with E-state index in [4.69, 9.17) is 4.74 Å². The first-order chi connectivity index (χ1) is 19.9. The Morgan fingerprint density at radius 3 is 1.76 bits per heavy atom. The molecule has 4 nitrogen and oxygen atoms in total. The molecule has 4 rings (SSSR count). The van der Waals surface area contributed by atoms with Crippen LogP contribution in [0.4, 0.5) is 4.79 Å². The smallest absolute Gasteiger partial charge is 0.407 e. The number of rotatable bonds is 13. The number of ether oxygens (including phenoxy) is 1. The van der Waals surface area contributed by atoms with Crippen molar-refractivity contribution in [3.8, 4) is 0 Å². The summed E-state index contributed by atoms with van der Waals surface area (Å²) in [6.07, 6.45) is 10.9. The van der Waals surface area contributed by atoms with Gasteiger partial charge < -0.3 is 15.0 Å². The Labute approximate surface area is 248 Å². The summed E-state index contributed by atoms with van der Waals surface area (Å²) in [5.74, 6) is 0. The molecule has 1 N–H and O–H groups in total. The molecule has 0 spiro atoms. The minimum Gasteiger partial charge on any atom is -0.444 e. The predicted molar refractivity (Wildman–Crippen MR) is 176 cm³/mol. The minimum absolute atomic E-state index is 0.313. The third-order valence-corrected chi connectivity index (χ3v) is 7.60. The van der Waals surface area contributed by atoms with E-state index in [2.05, 4.69) is 119 Å². The second-order valence-electron chi connectivity index (χ2n) is 11.9. The molecule has 0 aromatic heterocycles. The lowest BCUT2D eigenvalue weighted by Gasteiger charge is -2.27. The van der Waals surface area contributed by atoms with Crippen LogP contribution in [0.25, 0.3) is 0 Å². The van der Waals surface area contributed by atoms with Gasteiger partial charge in [0.25, 0.3) is 0 Å². The van der Waals surface area contributed by atoms with Crippen molar-refractivity contribution in [3.05, 3.63) is 115 Å². The number of hydrogen-bond acceptors (Lipinski definition) is 3. The Hall–Kier alpha value is -3.50. The molecular formula is C35H44B2N2O2. The van der Waals surface area contributed by atoms with E-state index >= 15 is 0 Å². The molecule has 212 valence electrons. The van der Waals surface area contributed by atoms with Crippen molar-refractivity contribution >= 4 is 35.9 Å². The second kappa shape index (κ2) is 15.5. The van der Waals surface area contributed by atoms with Gasteiger partial charge in [-0.2, -0.15) is 0 Å². The van der Waals surface area contributed by atoms with Gasteiger partial charge in [0.15, 0.2) is 0 Å². The van der Waals surface area contributed by atoms with Crippen molar-refractivity contribution in [2.45, 2.75) is 51.9 Å². The number of hydrogen-bond donors (Lipinski definition) is 1. The maximum atomic E-state index is 12.4. The molecule has 1 aliphatic carbocycles. The Kier molecular flexibility index (Phi) is 11.5. The Morgan fingerprint density at radius 2 is 1.27 bits per heavy atom. The number of amides is 1. The summed E-state index contributed by atoms with van der Waals surface area (Å²) in [6, 6.07) is 32.5. The highest BCUT2D eigenvalue weighted by Gasteiger charge is 2.24. The van der Waals surface area contributed by atoms with E-state index in [-0.39, 0.29) is 6.09 Å². The molecule has 0 saturated heterocycles. The van der Waals surface area contributed by atoms with Crippen LogP contribution < -0.4 is 21.7 Å². The first-order valence-corrected chi connectivity index (χ1v) is 15.1. The summed E-state index contributed by atoms with van der Waals surface area (Å²) in [4.78, 5) is 14.9. The van der Waals surface area contributed by atoms with Crippen molar-refractivity contribution < 1.29 is 9.53 Å². The lowest BCUT2D eigenvalue weighted by atomic mass is 9.37. The van der Waals surface area contributed by atoms with Gasteiger partial charge in [0.05, 0.1) is 0 Å². The van der Waals surface area contributed by atoms with Crippen LogP contribution >= 0.6 is 0 Å². The first kappa shape index (κ1) is 30.5. The van der Waals surface area contributed by atoms with Crippen LogP contribution in [0.15, 0.2) is 115 Å². The second-order valence-corrected chi connectivity index (χ2v) is 11.9. The van der Waals surface area contributed by atoms with Gasteiger partial charge in [-0.1, -0.05) is 144 Å². The van der Waals surface area contributed by atoms with E-state index in [1.807, 2.05) is 20.8 Å². The molecule has 1 amide bonds. The Bertz CT molecular complexity index is 1220. The summed E-state index contributed by atoms with van der Waals surface area (Å²) < 4.78 is 5.49. The highest BCUT2D eigenvalue weighted by atomic mass is 16.6. The molecule has 1 aliphatic rings. The lowest BCUT2D eigenvalue weighted by molar-refractivity contribution is 0.0522. The van der Waals surface area contributed by atoms with E-state index in [0.29, 0.717) is 20.0 Å². The molecule has 3 aromatic rings. The molecule has 0 atom stereocenters. The molecule has 3 aromatic carbocycles. The predicted octanol–water partition coefficient (Wildman–Crippen LogP) is 5.34. The summed E-state index contributed by atoms with van der Waals surface area (Å²) in [6.45, 7) is 9.54. The third-order valence-electron chi connectivity index (χ3n) is 7.60. The molecule has 0 radical (unpaired) electrons. The zero-order valence-corrected chi connectivity index (χ0v) is 25.0. The van der Waals surface area contributed by atoms with Gasteiger partial charge in [0.1, 0.15) is 5.60 Å². The van der Waals surface area contributed by atoms with E-state index < -0.39 is 5.60 Å². The van der Waals surface area contributed by atoms with Crippen LogP contribution in [-0.4, -0.2) is 56.2 Å². The quantitative estimate of drug-likeness (QED) is 0.295. The van der Waals surface area contributed by atoms with E-state index in [9.17, 15) is 4.79 Å². The van der Waals surface area contributed by atoms with Crippen LogP contribution in [0.3, 0.4) is 0 Å². The topological polar surface area (TPSA) is 41.6 Å². The van der Waals surface area contributed by atoms with Crippen LogP contribution in [-0.2, 0) is 4.74 Å². The molecule has 0 heterocycles. The summed E-state index contributed by atoms with van der Waals surface area (Å²) >= 11 is 0. The zero-order valence-electron chi connectivity index (χ0n) is 25.0. The zero-order chi connectivity index (χ0) is 28.9. The maximum absolute atomic E-state index is 12.4. The molecule has 0 aliphatic heterocycles. The monoisotopic (exact) mass is 546 g/mol. The van der Waals surface area contributed by atoms with Gasteiger partial charge in [0, 0.05) is 13.1 Å². The molecule has 0 unspecified atom stereocenters. The van der Waals surface area contributed by atoms with E-state index in [1.54, 1.807) is 0 Å². The van der Waals surface area contributed by atoms with Crippen LogP contribution in [0.1, 0.15) is 33.6 Å². The normalized spacial score (nSPS) is 13.0. The van der Waals surface area contributed by atoms with Crippen LogP contribution in [0.2, 0.25) is 12.6 Å². The Morgan fingerprint density at radius 1 is 0.756 bits per heavy atom. The maximum Gasteiger partial charge on any atom is 0.407 e. The van der Waals surface area contributed by atoms with E-state index in [0.717, 1.165) is 45.1 Å². The number of nitrogens with zero attached hydrogens (tertiary/aromatic N) is 1. The van der Waals surface area contributed by atoms with Crippen molar-refractivity contribution in [3.63, 3.8) is 0 Å². The molecule has 41 heavy (non-hydrogen) atoms. The fraction of sp³-hybridized carbons (Fsp3) is 0.343. The van der Waals surface area contributed by atoms with Crippen molar-refractivity contribution in [2.24, 2.45) is 0 Å². The van der Waals surface area contributed by atoms with E-state index in [1.165, 1.54) is 21.9 Å². The fourth-order valence-corrected chi connectivity index (χ4v) is 5.59. The van der Waals surface area contributed by atoms with Crippen molar-refractivity contribution in [2.75, 3.05) is 26.2 Å². The molecular weight excluding hydrogens is 502 g/mol. The number of carbonyl (C=O) groups is 1. The molecule has 0 fully saturated rings. The SMILES string of the molecule is CC(C)(C)OC(=O)NCCN(CCB(C1=CCCC=C1)c1ccccc1)CCB(c1ccccc1)c1ccccc1. The fourth-order valence-electron chi connectivity index (χ4n) is 5.59. The summed E-state index contributed by atoms with van der Waals surface area (Å²) in [7, 11) is 0. The van der Waals surface area contributed by atoms with Crippen molar-refractivity contribution in [1.82, 2.24) is 10.2 Å². The standard InChI is InChI=1S/C35H44B2N2O2/c1-35(2,3)41-34(40)38-26-29-39(27-24-36(30-16-8-4-9-17-30)31-18-10-5-11-19-31)28-25-37(32-20-12-6-13-21-32)33-22-14-7-15-23-33/h4-6,8-14,16-23H,7,15,24-29H2,1-3H3,(H,38,40). The van der Waals surface area contributed by atoms with Crippen LogP contribution in [0.5, 0.6) is 0 Å². The minimum atomic E-state index is -0.507. The van der Waals surface area contributed by atoms with Gasteiger partial charge in [-0.05, 0) is 46.7 Å². The van der Waals surface area contributed by atoms with Gasteiger partial charge in [-0.25, -0.2) is 4.79 Å². The summed E-state index contributed by atoms with van der Waals surface area (Å²) in [5, 5.41) is 2.98. The van der Waals surface area contributed by atoms with Crippen LogP contribution in [0, 0.1) is 0 Å². The van der Waals surface area contributed by atoms with Gasteiger partial charge in [-0.15, -0.1) is 0 Å². The number of carbonyl (C=O) groups excluding carboxylic acids is 1. The highest BCUT2D eigenvalue weighted by Crippen LogP contribution is 2.17. The lowest BCUT2D eigenvalue weighted by Crippen LogP contribution is -2.46. The molecule has 0 saturated carbocycles. The first-order valence-electron chi connectivity index (χ1n) is 15.1. The van der Waals surface area contributed by atoms with Crippen molar-refractivity contribution in [1.29, 1.82) is 0 Å². The molecule has 0 bridgehead atoms. The number of benzene rings is 3. The average molecular weight is 546 g/mol. The van der Waals surface area contributed by atoms with Gasteiger partial charge >= 0.3 is 6.09 Å². The largest absolute Gasteiger partial charge is 0.444 e. The Balaban J connectivity index is 1.49. The molecule has 6 heteroatoms.